The van der Waals surface area contributed by atoms with E-state index in [2.05, 4.69) is 58.7 Å². The van der Waals surface area contributed by atoms with Gasteiger partial charge >= 0.3 is 0 Å². The monoisotopic (exact) mass is 250 g/mol. The van der Waals surface area contributed by atoms with Gasteiger partial charge in [0.15, 0.2) is 0 Å². The summed E-state index contributed by atoms with van der Waals surface area (Å²) in [5.74, 6) is 0.630. The fourth-order valence-electron chi connectivity index (χ4n) is 3.36. The van der Waals surface area contributed by atoms with Crippen LogP contribution >= 0.6 is 0 Å². The van der Waals surface area contributed by atoms with Gasteiger partial charge in [-0.3, -0.25) is 4.90 Å². The first-order valence-electron chi connectivity index (χ1n) is 7.02. The Labute approximate surface area is 114 Å². The Bertz CT molecular complexity index is 581. The van der Waals surface area contributed by atoms with Crippen molar-refractivity contribution in [2.75, 3.05) is 18.4 Å². The lowest BCUT2D eigenvalue weighted by Gasteiger charge is -2.19. The molecular weight excluding hydrogens is 232 g/mol. The van der Waals surface area contributed by atoms with Gasteiger partial charge in [0.2, 0.25) is 0 Å². The molecule has 0 spiro atoms. The van der Waals surface area contributed by atoms with Crippen molar-refractivity contribution in [1.29, 1.82) is 0 Å². The second-order valence-electron chi connectivity index (χ2n) is 5.60. The van der Waals surface area contributed by atoms with Crippen LogP contribution in [0.15, 0.2) is 48.5 Å². The number of hydrogen-bond donors (Lipinski definition) is 1. The lowest BCUT2D eigenvalue weighted by molar-refractivity contribution is 0.269. The molecule has 0 radical (unpaired) electrons. The van der Waals surface area contributed by atoms with Crippen molar-refractivity contribution in [3.05, 3.63) is 65.2 Å². The molecule has 2 aromatic rings. The average Bonchev–Trinajstić information content (AvgIpc) is 3.03. The first-order chi connectivity index (χ1) is 9.40. The van der Waals surface area contributed by atoms with Gasteiger partial charge in [-0.05, 0) is 22.8 Å². The predicted octanol–water partition coefficient (Wildman–Crippen LogP) is 3.21. The van der Waals surface area contributed by atoms with Crippen LogP contribution in [-0.2, 0) is 13.1 Å². The standard InChI is InChI=1S/C17H18N2/c1-2-6-14-11-19(10-13(14)5-1)12-15-9-18-17-8-4-3-7-16(15)17/h1-8,15,18H,9-12H2. The van der Waals surface area contributed by atoms with Crippen LogP contribution in [-0.4, -0.2) is 18.0 Å². The van der Waals surface area contributed by atoms with Crippen molar-refractivity contribution in [3.8, 4) is 0 Å². The summed E-state index contributed by atoms with van der Waals surface area (Å²) in [4.78, 5) is 2.57. The second kappa shape index (κ2) is 4.39. The van der Waals surface area contributed by atoms with Crippen LogP contribution < -0.4 is 5.32 Å². The normalized spacial score (nSPS) is 20.9. The van der Waals surface area contributed by atoms with Gasteiger partial charge in [-0.25, -0.2) is 0 Å². The highest BCUT2D eigenvalue weighted by Gasteiger charge is 2.26. The van der Waals surface area contributed by atoms with Crippen LogP contribution in [0, 0.1) is 0 Å². The molecule has 2 aromatic carbocycles. The molecule has 2 heteroatoms. The molecule has 0 bridgehead atoms. The Balaban J connectivity index is 1.50. The number of hydrogen-bond acceptors (Lipinski definition) is 2. The summed E-state index contributed by atoms with van der Waals surface area (Å²) >= 11 is 0. The minimum atomic E-state index is 0.630. The molecular formula is C17H18N2. The number of nitrogens with zero attached hydrogens (tertiary/aromatic N) is 1. The van der Waals surface area contributed by atoms with E-state index in [1.165, 1.54) is 22.4 Å². The number of anilines is 1. The molecule has 1 unspecified atom stereocenters. The summed E-state index contributed by atoms with van der Waals surface area (Å²) in [7, 11) is 0. The molecule has 0 saturated heterocycles. The van der Waals surface area contributed by atoms with Crippen molar-refractivity contribution in [1.82, 2.24) is 4.90 Å². The third kappa shape index (κ3) is 1.92. The molecule has 2 aliphatic rings. The molecule has 0 aliphatic carbocycles. The van der Waals surface area contributed by atoms with Gasteiger partial charge in [-0.1, -0.05) is 42.5 Å². The highest BCUT2D eigenvalue weighted by Crippen LogP contribution is 2.33. The van der Waals surface area contributed by atoms with E-state index in [9.17, 15) is 0 Å². The molecule has 0 fully saturated rings. The summed E-state index contributed by atoms with van der Waals surface area (Å²) in [5.41, 5.74) is 5.81. The minimum absolute atomic E-state index is 0.630. The molecule has 1 N–H and O–H groups in total. The summed E-state index contributed by atoms with van der Waals surface area (Å²) < 4.78 is 0. The number of fused-ring (bicyclic) bond motifs is 2. The molecule has 2 heterocycles. The molecule has 0 amide bonds. The molecule has 1 atom stereocenters. The van der Waals surface area contributed by atoms with Gasteiger partial charge in [-0.2, -0.15) is 0 Å². The third-order valence-corrected chi connectivity index (χ3v) is 4.32. The number of rotatable bonds is 2. The molecule has 0 aromatic heterocycles. The Morgan fingerprint density at radius 2 is 1.63 bits per heavy atom. The van der Waals surface area contributed by atoms with Crippen LogP contribution in [0.5, 0.6) is 0 Å². The fourth-order valence-corrected chi connectivity index (χ4v) is 3.36. The largest absolute Gasteiger partial charge is 0.384 e. The molecule has 4 rings (SSSR count). The Kier molecular flexibility index (Phi) is 2.56. The smallest absolute Gasteiger partial charge is 0.0376 e. The van der Waals surface area contributed by atoms with E-state index >= 15 is 0 Å². The average molecular weight is 250 g/mol. The lowest BCUT2D eigenvalue weighted by atomic mass is 10.0. The van der Waals surface area contributed by atoms with Gasteiger partial charge in [0.1, 0.15) is 0 Å². The van der Waals surface area contributed by atoms with E-state index < -0.39 is 0 Å². The molecule has 2 aliphatic heterocycles. The Hall–Kier alpha value is -1.80. The summed E-state index contributed by atoms with van der Waals surface area (Å²) in [6.07, 6.45) is 0. The maximum absolute atomic E-state index is 3.52. The van der Waals surface area contributed by atoms with E-state index in [-0.39, 0.29) is 0 Å². The quantitative estimate of drug-likeness (QED) is 0.880. The van der Waals surface area contributed by atoms with Crippen molar-refractivity contribution in [3.63, 3.8) is 0 Å². The summed E-state index contributed by atoms with van der Waals surface area (Å²) in [5, 5.41) is 3.52. The fraction of sp³-hybridized carbons (Fsp3) is 0.294. The van der Waals surface area contributed by atoms with Crippen LogP contribution in [0.3, 0.4) is 0 Å². The van der Waals surface area contributed by atoms with E-state index in [1.54, 1.807) is 0 Å². The van der Waals surface area contributed by atoms with E-state index in [0.29, 0.717) is 5.92 Å². The van der Waals surface area contributed by atoms with Crippen molar-refractivity contribution >= 4 is 5.69 Å². The van der Waals surface area contributed by atoms with E-state index in [1.807, 2.05) is 0 Å². The van der Waals surface area contributed by atoms with Gasteiger partial charge in [0, 0.05) is 37.8 Å². The zero-order valence-corrected chi connectivity index (χ0v) is 11.0. The minimum Gasteiger partial charge on any atom is -0.384 e. The highest BCUT2D eigenvalue weighted by molar-refractivity contribution is 5.57. The van der Waals surface area contributed by atoms with Crippen molar-refractivity contribution in [2.45, 2.75) is 19.0 Å². The maximum Gasteiger partial charge on any atom is 0.0376 e. The zero-order chi connectivity index (χ0) is 12.7. The molecule has 96 valence electrons. The number of nitrogens with one attached hydrogen (secondary N) is 1. The van der Waals surface area contributed by atoms with E-state index in [0.717, 1.165) is 26.2 Å². The Morgan fingerprint density at radius 1 is 0.947 bits per heavy atom. The SMILES string of the molecule is c1ccc2c(c1)CN(CC1CNc3ccccc31)C2. The summed E-state index contributed by atoms with van der Waals surface area (Å²) in [6, 6.07) is 17.5. The van der Waals surface area contributed by atoms with Crippen molar-refractivity contribution < 1.29 is 0 Å². The van der Waals surface area contributed by atoms with Crippen molar-refractivity contribution in [2.24, 2.45) is 0 Å². The van der Waals surface area contributed by atoms with Gasteiger partial charge in [0.05, 0.1) is 0 Å². The zero-order valence-electron chi connectivity index (χ0n) is 11.0. The summed E-state index contributed by atoms with van der Waals surface area (Å²) in [6.45, 7) is 4.44. The first kappa shape index (κ1) is 11.1. The predicted molar refractivity (Wildman–Crippen MR) is 78.2 cm³/mol. The maximum atomic E-state index is 3.52. The van der Waals surface area contributed by atoms with E-state index in [4.69, 9.17) is 0 Å². The van der Waals surface area contributed by atoms with Crippen LogP contribution in [0.1, 0.15) is 22.6 Å². The Morgan fingerprint density at radius 3 is 2.42 bits per heavy atom. The van der Waals surface area contributed by atoms with Crippen LogP contribution in [0.25, 0.3) is 0 Å². The van der Waals surface area contributed by atoms with Crippen LogP contribution in [0.4, 0.5) is 5.69 Å². The highest BCUT2D eigenvalue weighted by atomic mass is 15.1. The van der Waals surface area contributed by atoms with Gasteiger partial charge in [-0.15, -0.1) is 0 Å². The number of benzene rings is 2. The molecule has 19 heavy (non-hydrogen) atoms. The molecule has 0 saturated carbocycles. The second-order valence-corrected chi connectivity index (χ2v) is 5.60. The lowest BCUT2D eigenvalue weighted by Crippen LogP contribution is -2.24. The van der Waals surface area contributed by atoms with Gasteiger partial charge < -0.3 is 5.32 Å². The van der Waals surface area contributed by atoms with Crippen LogP contribution in [0.2, 0.25) is 0 Å². The molecule has 2 nitrogen and oxygen atoms in total. The van der Waals surface area contributed by atoms with Gasteiger partial charge in [0.25, 0.3) is 0 Å². The third-order valence-electron chi connectivity index (χ3n) is 4.32. The number of para-hydroxylation sites is 1. The first-order valence-corrected chi connectivity index (χ1v) is 7.02. The topological polar surface area (TPSA) is 15.3 Å².